The van der Waals surface area contributed by atoms with Gasteiger partial charge in [-0.3, -0.25) is 4.79 Å². The van der Waals surface area contributed by atoms with Gasteiger partial charge < -0.3 is 4.74 Å². The number of carbonyl (C=O) groups excluding carboxylic acids is 1. The molecule has 3 rings (SSSR count). The van der Waals surface area contributed by atoms with Gasteiger partial charge in [0.15, 0.2) is 0 Å². The Hall–Kier alpha value is -1.05. The van der Waals surface area contributed by atoms with Crippen molar-refractivity contribution in [1.29, 1.82) is 0 Å². The van der Waals surface area contributed by atoms with Crippen LogP contribution in [-0.2, 0) is 9.53 Å². The molecule has 1 unspecified atom stereocenters. The minimum absolute atomic E-state index is 0.00806. The zero-order valence-corrected chi connectivity index (χ0v) is 7.40. The number of esters is 1. The molecule has 1 aliphatic heterocycles. The number of carbonyl (C=O) groups is 1. The Morgan fingerprint density at radius 1 is 1.23 bits per heavy atom. The first-order chi connectivity index (χ1) is 6.36. The molecule has 0 N–H and O–H groups in total. The maximum Gasteiger partial charge on any atom is 0.316 e. The molecule has 0 aromatic carbocycles. The molecule has 1 saturated carbocycles. The van der Waals surface area contributed by atoms with Gasteiger partial charge in [0.25, 0.3) is 0 Å². The van der Waals surface area contributed by atoms with Gasteiger partial charge in [-0.05, 0) is 24.7 Å². The lowest BCUT2D eigenvalue weighted by Gasteiger charge is -2.16. The van der Waals surface area contributed by atoms with Crippen molar-refractivity contribution in [3.8, 4) is 0 Å². The van der Waals surface area contributed by atoms with Crippen molar-refractivity contribution in [2.24, 2.45) is 17.3 Å². The fourth-order valence-corrected chi connectivity index (χ4v) is 2.88. The molecule has 3 atom stereocenters. The van der Waals surface area contributed by atoms with Crippen molar-refractivity contribution >= 4 is 5.97 Å². The molecular formula is C11H12O2. The Labute approximate surface area is 77.3 Å². The molecule has 0 saturated heterocycles. The molecule has 0 bridgehead atoms. The standard InChI is InChI=1S/C11H12O2/c12-10-11(6-3-7-13-10)8-4-1-2-5-9(8)11/h1-3,6,8-9H,4-5,7H2/t8-,9+,11?. The molecule has 2 heteroatoms. The number of cyclic esters (lactones) is 1. The Kier molecular flexibility index (Phi) is 1.27. The zero-order chi connectivity index (χ0) is 8.89. The van der Waals surface area contributed by atoms with E-state index in [1.54, 1.807) is 0 Å². The first-order valence-corrected chi connectivity index (χ1v) is 4.85. The molecule has 68 valence electrons. The van der Waals surface area contributed by atoms with Crippen LogP contribution in [-0.4, -0.2) is 12.6 Å². The fraction of sp³-hybridized carbons (Fsp3) is 0.545. The van der Waals surface area contributed by atoms with Crippen molar-refractivity contribution in [1.82, 2.24) is 0 Å². The molecule has 2 aliphatic carbocycles. The second-order valence-corrected chi connectivity index (χ2v) is 4.09. The van der Waals surface area contributed by atoms with E-state index >= 15 is 0 Å². The van der Waals surface area contributed by atoms with Crippen molar-refractivity contribution < 1.29 is 9.53 Å². The highest BCUT2D eigenvalue weighted by molar-refractivity contribution is 5.85. The number of rotatable bonds is 0. The minimum Gasteiger partial charge on any atom is -0.461 e. The highest BCUT2D eigenvalue weighted by Crippen LogP contribution is 2.66. The van der Waals surface area contributed by atoms with Crippen molar-refractivity contribution in [2.75, 3.05) is 6.61 Å². The number of allylic oxidation sites excluding steroid dienone is 2. The van der Waals surface area contributed by atoms with Crippen molar-refractivity contribution in [3.05, 3.63) is 24.3 Å². The van der Waals surface area contributed by atoms with Crippen LogP contribution in [0.3, 0.4) is 0 Å². The van der Waals surface area contributed by atoms with E-state index in [1.165, 1.54) is 0 Å². The third kappa shape index (κ3) is 0.761. The molecule has 0 radical (unpaired) electrons. The van der Waals surface area contributed by atoms with Crippen molar-refractivity contribution in [2.45, 2.75) is 12.8 Å². The van der Waals surface area contributed by atoms with Crippen molar-refractivity contribution in [3.63, 3.8) is 0 Å². The van der Waals surface area contributed by atoms with E-state index in [4.69, 9.17) is 4.74 Å². The highest BCUT2D eigenvalue weighted by Gasteiger charge is 2.68. The summed E-state index contributed by atoms with van der Waals surface area (Å²) in [5.41, 5.74) is -0.220. The maximum absolute atomic E-state index is 11.6. The summed E-state index contributed by atoms with van der Waals surface area (Å²) in [5.74, 6) is 1.07. The molecule has 0 aromatic rings. The number of fused-ring (bicyclic) bond motifs is 3. The largest absolute Gasteiger partial charge is 0.461 e. The van der Waals surface area contributed by atoms with Gasteiger partial charge in [0.1, 0.15) is 6.61 Å². The average Bonchev–Trinajstić information content (AvgIpc) is 2.81. The van der Waals surface area contributed by atoms with E-state index in [0.717, 1.165) is 12.8 Å². The van der Waals surface area contributed by atoms with Crippen LogP contribution in [0.15, 0.2) is 24.3 Å². The van der Waals surface area contributed by atoms with Gasteiger partial charge >= 0.3 is 5.97 Å². The monoisotopic (exact) mass is 176 g/mol. The molecule has 1 spiro atoms. The average molecular weight is 176 g/mol. The second kappa shape index (κ2) is 2.25. The summed E-state index contributed by atoms with van der Waals surface area (Å²) >= 11 is 0. The van der Waals surface area contributed by atoms with Crippen LogP contribution in [0.4, 0.5) is 0 Å². The van der Waals surface area contributed by atoms with E-state index < -0.39 is 0 Å². The predicted octanol–water partition coefficient (Wildman–Crippen LogP) is 1.68. The normalized spacial score (nSPS) is 46.0. The third-order valence-electron chi connectivity index (χ3n) is 3.61. The molecule has 1 heterocycles. The molecule has 13 heavy (non-hydrogen) atoms. The topological polar surface area (TPSA) is 26.3 Å². The maximum atomic E-state index is 11.6. The summed E-state index contributed by atoms with van der Waals surface area (Å²) in [6.07, 6.45) is 10.5. The van der Waals surface area contributed by atoms with E-state index in [2.05, 4.69) is 18.2 Å². The third-order valence-corrected chi connectivity index (χ3v) is 3.61. The first kappa shape index (κ1) is 7.36. The number of ether oxygens (including phenoxy) is 1. The summed E-state index contributed by atoms with van der Waals surface area (Å²) in [5, 5.41) is 0. The molecule has 0 amide bonds. The predicted molar refractivity (Wildman–Crippen MR) is 47.9 cm³/mol. The number of hydrogen-bond acceptors (Lipinski definition) is 2. The van der Waals surface area contributed by atoms with E-state index in [9.17, 15) is 4.79 Å². The Morgan fingerprint density at radius 3 is 2.54 bits per heavy atom. The van der Waals surface area contributed by atoms with Crippen LogP contribution in [0.5, 0.6) is 0 Å². The highest BCUT2D eigenvalue weighted by atomic mass is 16.5. The Balaban J connectivity index is 1.96. The van der Waals surface area contributed by atoms with Gasteiger partial charge in [-0.2, -0.15) is 0 Å². The summed E-state index contributed by atoms with van der Waals surface area (Å²) in [4.78, 5) is 11.6. The number of hydrogen-bond donors (Lipinski definition) is 0. The second-order valence-electron chi connectivity index (χ2n) is 4.09. The van der Waals surface area contributed by atoms with Gasteiger partial charge in [0, 0.05) is 0 Å². The lowest BCUT2D eigenvalue weighted by molar-refractivity contribution is -0.149. The van der Waals surface area contributed by atoms with Crippen LogP contribution < -0.4 is 0 Å². The van der Waals surface area contributed by atoms with Crippen LogP contribution in [0.2, 0.25) is 0 Å². The molecule has 2 nitrogen and oxygen atoms in total. The SMILES string of the molecule is O=C1OCC=CC12[C@@H]1CC=CC[C@@H]12. The summed E-state index contributed by atoms with van der Waals surface area (Å²) in [6, 6.07) is 0. The van der Waals surface area contributed by atoms with E-state index in [-0.39, 0.29) is 11.4 Å². The quantitative estimate of drug-likeness (QED) is 0.414. The van der Waals surface area contributed by atoms with Gasteiger partial charge in [0.05, 0.1) is 5.41 Å². The summed E-state index contributed by atoms with van der Waals surface area (Å²) in [7, 11) is 0. The first-order valence-electron chi connectivity index (χ1n) is 4.85. The summed E-state index contributed by atoms with van der Waals surface area (Å²) in [6.45, 7) is 0.466. The van der Waals surface area contributed by atoms with Gasteiger partial charge in [0.2, 0.25) is 0 Å². The Bertz CT molecular complexity index is 300. The van der Waals surface area contributed by atoms with Gasteiger partial charge in [-0.1, -0.05) is 24.3 Å². The van der Waals surface area contributed by atoms with Crippen LogP contribution in [0.1, 0.15) is 12.8 Å². The summed E-state index contributed by atoms with van der Waals surface area (Å²) < 4.78 is 5.09. The molecule has 1 fully saturated rings. The lowest BCUT2D eigenvalue weighted by Crippen LogP contribution is -2.24. The van der Waals surface area contributed by atoms with Gasteiger partial charge in [-0.15, -0.1) is 0 Å². The fourth-order valence-electron chi connectivity index (χ4n) is 2.88. The van der Waals surface area contributed by atoms with Crippen LogP contribution in [0, 0.1) is 17.3 Å². The van der Waals surface area contributed by atoms with Crippen LogP contribution >= 0.6 is 0 Å². The molecule has 3 aliphatic rings. The smallest absolute Gasteiger partial charge is 0.316 e. The minimum atomic E-state index is -0.220. The van der Waals surface area contributed by atoms with Crippen LogP contribution in [0.25, 0.3) is 0 Å². The molecular weight excluding hydrogens is 164 g/mol. The zero-order valence-electron chi connectivity index (χ0n) is 7.40. The lowest BCUT2D eigenvalue weighted by atomic mass is 9.99. The van der Waals surface area contributed by atoms with Gasteiger partial charge in [-0.25, -0.2) is 0 Å². The van der Waals surface area contributed by atoms with E-state index in [0.29, 0.717) is 18.4 Å². The van der Waals surface area contributed by atoms with E-state index in [1.807, 2.05) is 6.08 Å². The molecule has 0 aromatic heterocycles. The Morgan fingerprint density at radius 2 is 1.92 bits per heavy atom.